The molecule has 2 aromatic heterocycles. The third-order valence-corrected chi connectivity index (χ3v) is 7.88. The Hall–Kier alpha value is -1.69. The van der Waals surface area contributed by atoms with E-state index in [1.54, 1.807) is 0 Å². The molecule has 1 aliphatic heterocycles. The van der Waals surface area contributed by atoms with Gasteiger partial charge in [0.05, 0.1) is 17.4 Å². The van der Waals surface area contributed by atoms with Crippen molar-refractivity contribution < 1.29 is 14.3 Å². The SMILES string of the molecule is NC(=O)c1c(NC(=O)CSc2nnc(NC[C@@H]3CCCO3)s2)sc2c1CCC2. The van der Waals surface area contributed by atoms with Crippen LogP contribution in [-0.4, -0.2) is 47.0 Å². The van der Waals surface area contributed by atoms with Gasteiger partial charge >= 0.3 is 0 Å². The minimum absolute atomic E-state index is 0.184. The second kappa shape index (κ2) is 8.76. The van der Waals surface area contributed by atoms with Crippen molar-refractivity contribution in [3.05, 3.63) is 16.0 Å². The first-order chi connectivity index (χ1) is 13.6. The summed E-state index contributed by atoms with van der Waals surface area (Å²) in [7, 11) is 0. The summed E-state index contributed by atoms with van der Waals surface area (Å²) in [5.74, 6) is -0.467. The average Bonchev–Trinajstić information content (AvgIpc) is 3.42. The largest absolute Gasteiger partial charge is 0.376 e. The molecule has 8 nitrogen and oxygen atoms in total. The summed E-state index contributed by atoms with van der Waals surface area (Å²) in [5, 5.41) is 15.6. The Bertz CT molecular complexity index is 876. The van der Waals surface area contributed by atoms with Crippen molar-refractivity contribution in [1.29, 1.82) is 0 Å². The van der Waals surface area contributed by atoms with E-state index in [0.717, 1.165) is 60.8 Å². The molecule has 2 amide bonds. The second-order valence-corrected chi connectivity index (χ2v) is 9.96. The van der Waals surface area contributed by atoms with Gasteiger partial charge in [-0.2, -0.15) is 0 Å². The molecular weight excluding hydrogens is 418 g/mol. The Morgan fingerprint density at radius 1 is 1.25 bits per heavy atom. The van der Waals surface area contributed by atoms with Crippen molar-refractivity contribution in [1.82, 2.24) is 10.2 Å². The maximum absolute atomic E-state index is 12.3. The zero-order valence-electron chi connectivity index (χ0n) is 15.2. The molecule has 2 aromatic rings. The molecule has 2 aliphatic rings. The van der Waals surface area contributed by atoms with Gasteiger partial charge in [0, 0.05) is 18.0 Å². The Kier molecular flexibility index (Phi) is 6.14. The molecular formula is C17H21N5O3S3. The number of primary amides is 1. The van der Waals surface area contributed by atoms with E-state index in [9.17, 15) is 9.59 Å². The number of amides is 2. The first-order valence-corrected chi connectivity index (χ1v) is 11.8. The van der Waals surface area contributed by atoms with Gasteiger partial charge in [-0.3, -0.25) is 9.59 Å². The van der Waals surface area contributed by atoms with E-state index in [4.69, 9.17) is 10.5 Å². The average molecular weight is 440 g/mol. The predicted octanol–water partition coefficient (Wildman–Crippen LogP) is 2.51. The molecule has 28 heavy (non-hydrogen) atoms. The number of nitrogens with zero attached hydrogens (tertiary/aromatic N) is 2. The zero-order chi connectivity index (χ0) is 19.5. The molecule has 0 bridgehead atoms. The number of thioether (sulfide) groups is 1. The number of nitrogens with one attached hydrogen (secondary N) is 2. The van der Waals surface area contributed by atoms with Gasteiger partial charge in [-0.1, -0.05) is 23.1 Å². The number of hydrogen-bond acceptors (Lipinski definition) is 9. The smallest absolute Gasteiger partial charge is 0.251 e. The molecule has 11 heteroatoms. The minimum atomic E-state index is -0.478. The van der Waals surface area contributed by atoms with Crippen LogP contribution in [0.1, 0.15) is 40.1 Å². The van der Waals surface area contributed by atoms with Gasteiger partial charge in [0.15, 0.2) is 4.34 Å². The highest BCUT2D eigenvalue weighted by Crippen LogP contribution is 2.39. The van der Waals surface area contributed by atoms with Crippen LogP contribution in [0.4, 0.5) is 10.1 Å². The number of nitrogens with two attached hydrogens (primary N) is 1. The van der Waals surface area contributed by atoms with Gasteiger partial charge in [-0.25, -0.2) is 0 Å². The fourth-order valence-corrected chi connectivity index (χ4v) is 6.26. The van der Waals surface area contributed by atoms with Crippen LogP contribution in [0.15, 0.2) is 4.34 Å². The molecule has 150 valence electrons. The second-order valence-electron chi connectivity index (χ2n) is 6.65. The van der Waals surface area contributed by atoms with Crippen molar-refractivity contribution in [3.8, 4) is 0 Å². The van der Waals surface area contributed by atoms with E-state index in [1.807, 2.05) is 0 Å². The molecule has 3 heterocycles. The van der Waals surface area contributed by atoms with Crippen molar-refractivity contribution in [2.45, 2.75) is 42.5 Å². The molecule has 1 atom stereocenters. The lowest BCUT2D eigenvalue weighted by Gasteiger charge is -2.08. The molecule has 0 saturated carbocycles. The van der Waals surface area contributed by atoms with Gasteiger partial charge in [-0.15, -0.1) is 21.5 Å². The highest BCUT2D eigenvalue weighted by atomic mass is 32.2. The number of ether oxygens (including phenoxy) is 1. The number of thiophene rings is 1. The fraction of sp³-hybridized carbons (Fsp3) is 0.529. The van der Waals surface area contributed by atoms with E-state index in [-0.39, 0.29) is 17.8 Å². The molecule has 4 N–H and O–H groups in total. The van der Waals surface area contributed by atoms with Gasteiger partial charge < -0.3 is 21.1 Å². The highest BCUT2D eigenvalue weighted by Gasteiger charge is 2.26. The van der Waals surface area contributed by atoms with E-state index in [2.05, 4.69) is 20.8 Å². The summed E-state index contributed by atoms with van der Waals surface area (Å²) >= 11 is 4.20. The third-order valence-electron chi connectivity index (χ3n) is 4.66. The van der Waals surface area contributed by atoms with Crippen LogP contribution in [0.25, 0.3) is 0 Å². The molecule has 0 unspecified atom stereocenters. The monoisotopic (exact) mass is 439 g/mol. The van der Waals surface area contributed by atoms with Crippen LogP contribution in [0.3, 0.4) is 0 Å². The first kappa shape index (κ1) is 19.6. The summed E-state index contributed by atoms with van der Waals surface area (Å²) in [6, 6.07) is 0. The molecule has 4 rings (SSSR count). The lowest BCUT2D eigenvalue weighted by atomic mass is 10.1. The van der Waals surface area contributed by atoms with Gasteiger partial charge in [0.25, 0.3) is 5.91 Å². The van der Waals surface area contributed by atoms with Gasteiger partial charge in [-0.05, 0) is 37.7 Å². The summed E-state index contributed by atoms with van der Waals surface area (Å²) in [4.78, 5) is 25.3. The molecule has 1 saturated heterocycles. The first-order valence-electron chi connectivity index (χ1n) is 9.16. The van der Waals surface area contributed by atoms with Crippen LogP contribution in [-0.2, 0) is 22.4 Å². The van der Waals surface area contributed by atoms with Crippen LogP contribution >= 0.6 is 34.4 Å². The fourth-order valence-electron chi connectivity index (χ4n) is 3.39. The van der Waals surface area contributed by atoms with Crippen LogP contribution in [0.2, 0.25) is 0 Å². The number of hydrogen-bond donors (Lipinski definition) is 3. The number of aryl methyl sites for hydroxylation is 1. The van der Waals surface area contributed by atoms with Gasteiger partial charge in [0.1, 0.15) is 5.00 Å². The number of rotatable bonds is 8. The lowest BCUT2D eigenvalue weighted by Crippen LogP contribution is -2.18. The maximum atomic E-state index is 12.3. The molecule has 0 radical (unpaired) electrons. The maximum Gasteiger partial charge on any atom is 0.251 e. The number of anilines is 2. The molecule has 1 aliphatic carbocycles. The van der Waals surface area contributed by atoms with E-state index in [0.29, 0.717) is 14.9 Å². The van der Waals surface area contributed by atoms with Crippen LogP contribution in [0, 0.1) is 0 Å². The topological polar surface area (TPSA) is 119 Å². The minimum Gasteiger partial charge on any atom is -0.376 e. The van der Waals surface area contributed by atoms with Crippen molar-refractivity contribution in [2.75, 3.05) is 29.5 Å². The van der Waals surface area contributed by atoms with E-state index in [1.165, 1.54) is 34.4 Å². The highest BCUT2D eigenvalue weighted by molar-refractivity contribution is 8.01. The third kappa shape index (κ3) is 4.48. The molecule has 0 aromatic carbocycles. The summed E-state index contributed by atoms with van der Waals surface area (Å²) in [5.41, 5.74) is 7.01. The zero-order valence-corrected chi connectivity index (χ0v) is 17.6. The Morgan fingerprint density at radius 3 is 2.93 bits per heavy atom. The van der Waals surface area contributed by atoms with Gasteiger partial charge in [0.2, 0.25) is 11.0 Å². The van der Waals surface area contributed by atoms with Crippen LogP contribution < -0.4 is 16.4 Å². The number of aromatic nitrogens is 2. The number of fused-ring (bicyclic) bond motifs is 1. The molecule has 0 spiro atoms. The Labute approximate surface area is 174 Å². The van der Waals surface area contributed by atoms with Crippen molar-refractivity contribution in [2.24, 2.45) is 5.73 Å². The molecule has 1 fully saturated rings. The summed E-state index contributed by atoms with van der Waals surface area (Å²) < 4.78 is 6.29. The number of carbonyl (C=O) groups excluding carboxylic acids is 2. The standard InChI is InChI=1S/C17H21N5O3S3/c18-14(24)13-10-4-1-5-11(10)27-15(13)20-12(23)8-26-17-22-21-16(28-17)19-7-9-3-2-6-25-9/h9H,1-8H2,(H2,18,24)(H,19,21)(H,20,23)/t9-/m0/s1. The number of carbonyl (C=O) groups is 2. The van der Waals surface area contributed by atoms with Crippen molar-refractivity contribution in [3.63, 3.8) is 0 Å². The predicted molar refractivity (Wildman–Crippen MR) is 112 cm³/mol. The quantitative estimate of drug-likeness (QED) is 0.541. The van der Waals surface area contributed by atoms with Crippen LogP contribution in [0.5, 0.6) is 0 Å². The van der Waals surface area contributed by atoms with E-state index >= 15 is 0 Å². The summed E-state index contributed by atoms with van der Waals surface area (Å²) in [6.45, 7) is 1.54. The summed E-state index contributed by atoms with van der Waals surface area (Å²) in [6.07, 6.45) is 5.22. The Balaban J connectivity index is 1.29. The van der Waals surface area contributed by atoms with Crippen molar-refractivity contribution >= 4 is 56.4 Å². The lowest BCUT2D eigenvalue weighted by molar-refractivity contribution is -0.113. The Morgan fingerprint density at radius 2 is 2.14 bits per heavy atom. The normalized spacial score (nSPS) is 18.2. The van der Waals surface area contributed by atoms with E-state index < -0.39 is 5.91 Å².